The number of hydrogen-bond donors (Lipinski definition) is 0. The van der Waals surface area contributed by atoms with Crippen LogP contribution < -0.4 is 0 Å². The molecule has 0 radical (unpaired) electrons. The van der Waals surface area contributed by atoms with E-state index in [4.69, 9.17) is 0 Å². The zero-order valence-corrected chi connectivity index (χ0v) is 8.88. The minimum Gasteiger partial charge on any atom is -0.103 e. The van der Waals surface area contributed by atoms with Crippen LogP contribution in [0.5, 0.6) is 0 Å². The molecule has 0 heteroatoms. The van der Waals surface area contributed by atoms with Gasteiger partial charge in [0.05, 0.1) is 0 Å². The van der Waals surface area contributed by atoms with Gasteiger partial charge in [-0.1, -0.05) is 33.8 Å². The molecule has 0 aromatic rings. The van der Waals surface area contributed by atoms with Crippen LogP contribution >= 0.6 is 0 Å². The van der Waals surface area contributed by atoms with Crippen LogP contribution in [0.25, 0.3) is 0 Å². The Hall–Kier alpha value is -0.260. The maximum absolute atomic E-state index is 3.84. The number of hydrogen-bond acceptors (Lipinski definition) is 0. The first-order valence-electron chi connectivity index (χ1n) is 5.20. The van der Waals surface area contributed by atoms with Gasteiger partial charge in [-0.2, -0.15) is 0 Å². The van der Waals surface area contributed by atoms with Crippen LogP contribution in [0.2, 0.25) is 0 Å². The fraction of sp³-hybridized carbons (Fsp3) is 0.833. The minimum absolute atomic E-state index is 0.882. The Bertz CT molecular complexity index is 145. The van der Waals surface area contributed by atoms with Crippen LogP contribution in [0.4, 0.5) is 0 Å². The van der Waals surface area contributed by atoms with Crippen LogP contribution in [0.3, 0.4) is 0 Å². The van der Waals surface area contributed by atoms with Crippen LogP contribution in [0.15, 0.2) is 12.7 Å². The van der Waals surface area contributed by atoms with Crippen LogP contribution in [0, 0.1) is 29.6 Å². The second-order valence-electron chi connectivity index (χ2n) is 4.62. The minimum atomic E-state index is 0.882. The van der Waals surface area contributed by atoms with Crippen LogP contribution in [-0.2, 0) is 0 Å². The van der Waals surface area contributed by atoms with Gasteiger partial charge < -0.3 is 0 Å². The normalized spacial score (nSPS) is 47.8. The number of rotatable bonds is 2. The van der Waals surface area contributed by atoms with Crippen molar-refractivity contribution >= 4 is 0 Å². The van der Waals surface area contributed by atoms with Crippen LogP contribution in [0.1, 0.15) is 34.1 Å². The summed E-state index contributed by atoms with van der Waals surface area (Å²) in [6.45, 7) is 13.4. The van der Waals surface area contributed by atoms with E-state index in [-0.39, 0.29) is 0 Å². The van der Waals surface area contributed by atoms with Crippen molar-refractivity contribution in [2.45, 2.75) is 34.1 Å². The molecule has 0 nitrogen and oxygen atoms in total. The van der Waals surface area contributed by atoms with Crippen molar-refractivity contribution in [2.75, 3.05) is 0 Å². The molecule has 0 saturated heterocycles. The largest absolute Gasteiger partial charge is 0.103 e. The Morgan fingerprint density at radius 2 is 1.33 bits per heavy atom. The lowest BCUT2D eigenvalue weighted by molar-refractivity contribution is 0.324. The summed E-state index contributed by atoms with van der Waals surface area (Å²) in [7, 11) is 0. The standard InChI is InChI=1S/C12H22/c1-6-7-12-10(4)8(2)9(3)11(12)5/h6,8-12H,1,7H2,2-5H3. The van der Waals surface area contributed by atoms with E-state index in [1.807, 2.05) is 0 Å². The van der Waals surface area contributed by atoms with E-state index in [1.54, 1.807) is 0 Å². The highest BCUT2D eigenvalue weighted by atomic mass is 14.4. The average Bonchev–Trinajstić information content (AvgIpc) is 2.23. The van der Waals surface area contributed by atoms with Gasteiger partial charge in [0.25, 0.3) is 0 Å². The summed E-state index contributed by atoms with van der Waals surface area (Å²) >= 11 is 0. The molecule has 0 bridgehead atoms. The van der Waals surface area contributed by atoms with E-state index in [9.17, 15) is 0 Å². The predicted molar refractivity (Wildman–Crippen MR) is 55.0 cm³/mol. The monoisotopic (exact) mass is 166 g/mol. The first kappa shape index (κ1) is 9.83. The number of allylic oxidation sites excluding steroid dienone is 1. The molecule has 0 spiro atoms. The van der Waals surface area contributed by atoms with Gasteiger partial charge in [-0.3, -0.25) is 0 Å². The summed E-state index contributed by atoms with van der Waals surface area (Å²) < 4.78 is 0. The van der Waals surface area contributed by atoms with Crippen molar-refractivity contribution in [3.05, 3.63) is 12.7 Å². The van der Waals surface area contributed by atoms with E-state index < -0.39 is 0 Å². The first-order chi connectivity index (χ1) is 5.59. The summed E-state index contributed by atoms with van der Waals surface area (Å²) in [5.74, 6) is 4.43. The van der Waals surface area contributed by atoms with Gasteiger partial charge in [-0.25, -0.2) is 0 Å². The molecule has 0 N–H and O–H groups in total. The maximum Gasteiger partial charge on any atom is -0.0320 e. The maximum atomic E-state index is 3.84. The molecule has 0 heterocycles. The average molecular weight is 166 g/mol. The van der Waals surface area contributed by atoms with E-state index >= 15 is 0 Å². The van der Waals surface area contributed by atoms with Crippen molar-refractivity contribution in [3.8, 4) is 0 Å². The third kappa shape index (κ3) is 1.44. The fourth-order valence-corrected chi connectivity index (χ4v) is 2.84. The van der Waals surface area contributed by atoms with Gasteiger partial charge in [-0.15, -0.1) is 6.58 Å². The first-order valence-corrected chi connectivity index (χ1v) is 5.20. The Balaban J connectivity index is 2.68. The lowest BCUT2D eigenvalue weighted by Gasteiger charge is -2.18. The van der Waals surface area contributed by atoms with Crippen molar-refractivity contribution in [3.63, 3.8) is 0 Å². The molecule has 1 rings (SSSR count). The summed E-state index contributed by atoms with van der Waals surface area (Å²) in [6, 6.07) is 0. The molecule has 4 unspecified atom stereocenters. The van der Waals surface area contributed by atoms with E-state index in [0.717, 1.165) is 29.6 Å². The molecule has 0 aromatic carbocycles. The molecular formula is C12H22. The lowest BCUT2D eigenvalue weighted by atomic mass is 9.87. The van der Waals surface area contributed by atoms with Crippen molar-refractivity contribution in [1.29, 1.82) is 0 Å². The van der Waals surface area contributed by atoms with Gasteiger partial charge in [0, 0.05) is 0 Å². The van der Waals surface area contributed by atoms with Gasteiger partial charge in [0.2, 0.25) is 0 Å². The SMILES string of the molecule is C=CCC1C(C)C(C)C(C)C1C. The highest BCUT2D eigenvalue weighted by molar-refractivity contribution is 4.92. The van der Waals surface area contributed by atoms with Gasteiger partial charge in [-0.05, 0) is 36.0 Å². The molecule has 70 valence electrons. The summed E-state index contributed by atoms with van der Waals surface area (Å²) in [4.78, 5) is 0. The lowest BCUT2D eigenvalue weighted by Crippen LogP contribution is -2.11. The molecular weight excluding hydrogens is 144 g/mol. The van der Waals surface area contributed by atoms with Crippen molar-refractivity contribution in [1.82, 2.24) is 0 Å². The molecule has 1 fully saturated rings. The predicted octanol–water partition coefficient (Wildman–Crippen LogP) is 3.74. The van der Waals surface area contributed by atoms with E-state index in [2.05, 4.69) is 40.3 Å². The molecule has 1 aliphatic carbocycles. The zero-order chi connectivity index (χ0) is 9.30. The molecule has 0 amide bonds. The Morgan fingerprint density at radius 3 is 1.67 bits per heavy atom. The quantitative estimate of drug-likeness (QED) is 0.548. The molecule has 1 aliphatic rings. The second kappa shape index (κ2) is 3.64. The van der Waals surface area contributed by atoms with Crippen molar-refractivity contribution in [2.24, 2.45) is 29.6 Å². The van der Waals surface area contributed by atoms with Crippen molar-refractivity contribution < 1.29 is 0 Å². The zero-order valence-electron chi connectivity index (χ0n) is 8.88. The second-order valence-corrected chi connectivity index (χ2v) is 4.62. The fourth-order valence-electron chi connectivity index (χ4n) is 2.84. The topological polar surface area (TPSA) is 0 Å². The van der Waals surface area contributed by atoms with E-state index in [0.29, 0.717) is 0 Å². The third-order valence-corrected chi connectivity index (χ3v) is 4.28. The molecule has 12 heavy (non-hydrogen) atoms. The highest BCUT2D eigenvalue weighted by Crippen LogP contribution is 2.46. The van der Waals surface area contributed by atoms with E-state index in [1.165, 1.54) is 6.42 Å². The smallest absolute Gasteiger partial charge is 0.0320 e. The summed E-state index contributed by atoms with van der Waals surface area (Å²) in [5.41, 5.74) is 0. The highest BCUT2D eigenvalue weighted by Gasteiger charge is 2.40. The molecule has 0 aliphatic heterocycles. The molecule has 0 aromatic heterocycles. The molecule has 4 atom stereocenters. The molecule has 1 saturated carbocycles. The van der Waals surface area contributed by atoms with Gasteiger partial charge in [0.1, 0.15) is 0 Å². The van der Waals surface area contributed by atoms with Gasteiger partial charge >= 0.3 is 0 Å². The summed E-state index contributed by atoms with van der Waals surface area (Å²) in [5, 5.41) is 0. The Kier molecular flexibility index (Phi) is 2.98. The Labute approximate surface area is 77.1 Å². The third-order valence-electron chi connectivity index (χ3n) is 4.28. The van der Waals surface area contributed by atoms with Gasteiger partial charge in [0.15, 0.2) is 0 Å². The summed E-state index contributed by atoms with van der Waals surface area (Å²) in [6.07, 6.45) is 3.29. The van der Waals surface area contributed by atoms with Crippen LogP contribution in [-0.4, -0.2) is 0 Å². The Morgan fingerprint density at radius 1 is 0.917 bits per heavy atom.